The molecule has 0 bridgehead atoms. The number of nitrogens with zero attached hydrogens (tertiary/aromatic N) is 2. The molecular formula is C46H64F2N8O4. The Balaban J connectivity index is 1.51. The Morgan fingerprint density at radius 2 is 0.850 bits per heavy atom. The fourth-order valence-electron chi connectivity index (χ4n) is 7.63. The zero-order valence-corrected chi connectivity index (χ0v) is 37.2. The van der Waals surface area contributed by atoms with Gasteiger partial charge in [-0.1, -0.05) is 118 Å². The molecule has 4 rings (SSSR count). The first-order valence-electron chi connectivity index (χ1n) is 20.6. The van der Waals surface area contributed by atoms with E-state index in [-0.39, 0.29) is 11.8 Å². The predicted octanol–water partition coefficient (Wildman–Crippen LogP) is 8.32. The fourth-order valence-corrected chi connectivity index (χ4v) is 7.63. The Hall–Kier alpha value is -5.40. The highest BCUT2D eigenvalue weighted by Crippen LogP contribution is 2.36. The molecule has 0 spiro atoms. The number of hydrogen-bond donors (Lipinski definition) is 6. The van der Waals surface area contributed by atoms with Gasteiger partial charge in [0, 0.05) is 0 Å². The van der Waals surface area contributed by atoms with Gasteiger partial charge in [0.2, 0.25) is 11.8 Å². The van der Waals surface area contributed by atoms with Crippen molar-refractivity contribution >= 4 is 23.6 Å². The Morgan fingerprint density at radius 1 is 0.550 bits per heavy atom. The number of alkyl halides is 2. The normalized spacial score (nSPS) is 15.1. The lowest BCUT2D eigenvalue weighted by molar-refractivity contribution is -0.135. The van der Waals surface area contributed by atoms with Gasteiger partial charge in [-0.3, -0.25) is 19.2 Å². The summed E-state index contributed by atoms with van der Waals surface area (Å²) in [6, 6.07) is 15.0. The van der Waals surface area contributed by atoms with Crippen LogP contribution >= 0.6 is 0 Å². The van der Waals surface area contributed by atoms with Gasteiger partial charge in [0.05, 0.1) is 35.9 Å². The maximum Gasteiger partial charge on any atom is 0.252 e. The molecule has 2 aromatic heterocycles. The van der Waals surface area contributed by atoms with Gasteiger partial charge in [-0.25, -0.2) is 18.7 Å². The van der Waals surface area contributed by atoms with Crippen molar-refractivity contribution in [2.45, 2.75) is 119 Å². The number of benzene rings is 2. The Bertz CT molecular complexity index is 1950. The molecule has 0 saturated carbocycles. The minimum absolute atomic E-state index is 0.0654. The molecule has 0 aliphatic heterocycles. The van der Waals surface area contributed by atoms with Crippen LogP contribution in [0.5, 0.6) is 0 Å². The van der Waals surface area contributed by atoms with E-state index in [0.717, 1.165) is 33.6 Å². The quantitative estimate of drug-likeness (QED) is 0.0624. The van der Waals surface area contributed by atoms with Crippen LogP contribution < -0.4 is 21.3 Å². The molecular weight excluding hydrogens is 767 g/mol. The number of halogens is 2. The lowest BCUT2D eigenvalue weighted by atomic mass is 9.84. The molecule has 6 N–H and O–H groups in total. The number of aromatic amines is 2. The molecule has 60 heavy (non-hydrogen) atoms. The second-order valence-corrected chi connectivity index (χ2v) is 19.3. The molecule has 4 amide bonds. The second-order valence-electron chi connectivity index (χ2n) is 19.3. The van der Waals surface area contributed by atoms with E-state index < -0.39 is 71.0 Å². The summed E-state index contributed by atoms with van der Waals surface area (Å²) in [4.78, 5) is 67.6. The Kier molecular flexibility index (Phi) is 14.9. The number of carbonyl (C=O) groups is 4. The Labute approximate surface area is 353 Å². The highest BCUT2D eigenvalue weighted by molar-refractivity contribution is 5.92. The van der Waals surface area contributed by atoms with E-state index in [1.807, 2.05) is 118 Å². The summed E-state index contributed by atoms with van der Waals surface area (Å²) in [5.74, 6) is -1.27. The predicted molar refractivity (Wildman–Crippen MR) is 232 cm³/mol. The van der Waals surface area contributed by atoms with Crippen molar-refractivity contribution in [1.29, 1.82) is 0 Å². The average molecular weight is 831 g/mol. The monoisotopic (exact) mass is 831 g/mol. The average Bonchev–Trinajstić information content (AvgIpc) is 3.85. The number of rotatable bonds is 17. The van der Waals surface area contributed by atoms with E-state index in [9.17, 15) is 28.0 Å². The molecule has 0 radical (unpaired) electrons. The molecule has 0 aliphatic carbocycles. The molecule has 12 nitrogen and oxygen atoms in total. The molecule has 2 aromatic carbocycles. The fraction of sp³-hybridized carbons (Fsp3) is 0.522. The topological polar surface area (TPSA) is 174 Å². The lowest BCUT2D eigenvalue weighted by Gasteiger charge is -2.36. The maximum atomic E-state index is 13.7. The van der Waals surface area contributed by atoms with Crippen molar-refractivity contribution in [2.24, 2.45) is 22.7 Å². The van der Waals surface area contributed by atoms with Crippen molar-refractivity contribution in [3.8, 4) is 33.6 Å². The molecule has 14 heteroatoms. The van der Waals surface area contributed by atoms with Crippen LogP contribution in [0.15, 0.2) is 60.9 Å². The smallest absolute Gasteiger partial charge is 0.252 e. The summed E-state index contributed by atoms with van der Waals surface area (Å²) in [6.45, 7) is 20.5. The van der Waals surface area contributed by atoms with Crippen molar-refractivity contribution in [3.63, 3.8) is 0 Å². The highest BCUT2D eigenvalue weighted by atomic mass is 19.1. The van der Waals surface area contributed by atoms with E-state index in [0.29, 0.717) is 24.5 Å². The van der Waals surface area contributed by atoms with E-state index >= 15 is 0 Å². The number of aromatic nitrogens is 4. The van der Waals surface area contributed by atoms with Gasteiger partial charge in [0.1, 0.15) is 22.7 Å². The molecule has 0 fully saturated rings. The van der Waals surface area contributed by atoms with Crippen molar-refractivity contribution in [3.05, 3.63) is 72.6 Å². The molecule has 2 heterocycles. The van der Waals surface area contributed by atoms with E-state index in [1.54, 1.807) is 26.2 Å². The van der Waals surface area contributed by atoms with Crippen LogP contribution in [0, 0.1) is 22.7 Å². The first-order chi connectivity index (χ1) is 27.9. The maximum absolute atomic E-state index is 13.7. The minimum atomic E-state index is -1.31. The Morgan fingerprint density at radius 3 is 1.12 bits per heavy atom. The summed E-state index contributed by atoms with van der Waals surface area (Å²) < 4.78 is 26.4. The molecule has 4 atom stereocenters. The second kappa shape index (κ2) is 18.9. The van der Waals surface area contributed by atoms with Crippen LogP contribution in [0.1, 0.15) is 120 Å². The zero-order chi connectivity index (χ0) is 44.8. The van der Waals surface area contributed by atoms with Crippen LogP contribution in [0.4, 0.5) is 8.78 Å². The number of amides is 4. The minimum Gasteiger partial charge on any atom is -0.344 e. The number of carbonyl (C=O) groups excluding carboxylic acids is 4. The first kappa shape index (κ1) is 47.3. The number of H-pyrrole nitrogens is 2. The van der Waals surface area contributed by atoms with Crippen molar-refractivity contribution < 1.29 is 28.0 Å². The van der Waals surface area contributed by atoms with Gasteiger partial charge in [-0.2, -0.15) is 0 Å². The van der Waals surface area contributed by atoms with Crippen molar-refractivity contribution in [1.82, 2.24) is 41.2 Å². The van der Waals surface area contributed by atoms with Crippen LogP contribution in [0.2, 0.25) is 0 Å². The third kappa shape index (κ3) is 11.9. The van der Waals surface area contributed by atoms with Gasteiger partial charge >= 0.3 is 0 Å². The highest BCUT2D eigenvalue weighted by Gasteiger charge is 2.41. The SMILES string of the molecule is CC(C)CC(C)(NC(=O)CF)C(=O)N[C@H](c1ncc(-c2ccc(-c3ccc(-c4cnc([C@@H](NC(=O)C(C)(CC(C)C)NC(=O)CF)C(C)(C)C)[nH]4)cc3)cc2)[nH]1)C(C)(C)C. The summed E-state index contributed by atoms with van der Waals surface area (Å²) in [5.41, 5.74) is 1.77. The van der Waals surface area contributed by atoms with Gasteiger partial charge < -0.3 is 31.2 Å². The molecule has 2 unspecified atom stereocenters. The summed E-state index contributed by atoms with van der Waals surface area (Å²) in [7, 11) is 0. The van der Waals surface area contributed by atoms with Gasteiger partial charge in [-0.15, -0.1) is 0 Å². The summed E-state index contributed by atoms with van der Waals surface area (Å²) >= 11 is 0. The first-order valence-corrected chi connectivity index (χ1v) is 20.6. The van der Waals surface area contributed by atoms with Crippen molar-refractivity contribution in [2.75, 3.05) is 13.3 Å². The third-order valence-corrected chi connectivity index (χ3v) is 10.5. The largest absolute Gasteiger partial charge is 0.344 e. The summed E-state index contributed by atoms with van der Waals surface area (Å²) in [5, 5.41) is 11.3. The molecule has 0 saturated heterocycles. The van der Waals surface area contributed by atoms with Crippen LogP contribution in [-0.2, 0) is 19.2 Å². The standard InChI is InChI=1S/C46H64F2N8O4/c1-27(2)21-45(11,55-35(57)23-47)41(59)53-37(43(5,6)7)39-49-25-33(51-39)31-17-13-29(14-18-31)30-15-19-32(20-16-30)34-26-50-40(52-34)38(44(8,9)10)54-42(60)46(12,22-28(3)4)56-36(58)24-48/h13-20,25-28,37-38H,21-24H2,1-12H3,(H,49,51)(H,50,52)(H,53,59)(H,54,60)(H,55,57)(H,56,58)/t37-,38-,45?,46?/m1/s1. The van der Waals surface area contributed by atoms with Crippen LogP contribution in [0.3, 0.4) is 0 Å². The van der Waals surface area contributed by atoms with E-state index in [1.165, 1.54) is 0 Å². The number of nitrogens with one attached hydrogen (secondary N) is 6. The third-order valence-electron chi connectivity index (χ3n) is 10.5. The zero-order valence-electron chi connectivity index (χ0n) is 37.2. The molecule has 326 valence electrons. The van der Waals surface area contributed by atoms with Gasteiger partial charge in [0.25, 0.3) is 11.8 Å². The number of hydrogen-bond acceptors (Lipinski definition) is 6. The molecule has 4 aromatic rings. The number of imidazole rings is 2. The van der Waals surface area contributed by atoms with Crippen LogP contribution in [-0.4, -0.2) is 68.0 Å². The lowest BCUT2D eigenvalue weighted by Crippen LogP contribution is -2.59. The van der Waals surface area contributed by atoms with Gasteiger partial charge in [0.15, 0.2) is 13.3 Å². The molecule has 0 aliphatic rings. The van der Waals surface area contributed by atoms with Crippen LogP contribution in [0.25, 0.3) is 33.6 Å². The van der Waals surface area contributed by atoms with E-state index in [4.69, 9.17) is 0 Å². The van der Waals surface area contributed by atoms with Gasteiger partial charge in [-0.05, 0) is 71.6 Å². The summed E-state index contributed by atoms with van der Waals surface area (Å²) in [6.07, 6.45) is 4.11. The van der Waals surface area contributed by atoms with E-state index in [2.05, 4.69) is 41.2 Å².